The Morgan fingerprint density at radius 2 is 1.48 bits per heavy atom. The third-order valence-electron chi connectivity index (χ3n) is 4.35. The van der Waals surface area contributed by atoms with Gasteiger partial charge in [-0.3, -0.25) is 9.52 Å². The summed E-state index contributed by atoms with van der Waals surface area (Å²) in [6.45, 7) is 0.405. The van der Waals surface area contributed by atoms with E-state index >= 15 is 0 Å². The smallest absolute Gasteiger partial charge is 0.261 e. The molecule has 3 aromatic rings. The van der Waals surface area contributed by atoms with E-state index in [0.29, 0.717) is 30.2 Å². The molecule has 0 saturated carbocycles. The van der Waals surface area contributed by atoms with Crippen molar-refractivity contribution in [3.63, 3.8) is 0 Å². The molecule has 0 bridgehead atoms. The fourth-order valence-electron chi connectivity index (χ4n) is 2.76. The van der Waals surface area contributed by atoms with Gasteiger partial charge in [-0.05, 0) is 67.1 Å². The van der Waals surface area contributed by atoms with Crippen LogP contribution < -0.4 is 19.5 Å². The molecule has 1 amide bonds. The van der Waals surface area contributed by atoms with Crippen LogP contribution in [0.25, 0.3) is 0 Å². The lowest BCUT2D eigenvalue weighted by atomic mass is 10.2. The van der Waals surface area contributed by atoms with Gasteiger partial charge in [0.05, 0.1) is 18.6 Å². The molecule has 2 N–H and O–H groups in total. The average Bonchev–Trinajstić information content (AvgIpc) is 2.78. The third kappa shape index (κ3) is 6.75. The second kappa shape index (κ2) is 10.5. The van der Waals surface area contributed by atoms with E-state index in [0.717, 1.165) is 5.75 Å². The summed E-state index contributed by atoms with van der Waals surface area (Å²) < 4.78 is 38.1. The van der Waals surface area contributed by atoms with Crippen LogP contribution in [0.5, 0.6) is 11.5 Å². The van der Waals surface area contributed by atoms with Gasteiger partial charge < -0.3 is 14.8 Å². The van der Waals surface area contributed by atoms with E-state index in [1.807, 2.05) is 0 Å². The zero-order chi connectivity index (χ0) is 22.1. The van der Waals surface area contributed by atoms with Crippen LogP contribution >= 0.6 is 0 Å². The van der Waals surface area contributed by atoms with Gasteiger partial charge in [-0.25, -0.2) is 8.42 Å². The normalized spacial score (nSPS) is 10.9. The first-order valence-corrected chi connectivity index (χ1v) is 11.2. The van der Waals surface area contributed by atoms with Crippen molar-refractivity contribution < 1.29 is 22.7 Å². The van der Waals surface area contributed by atoms with E-state index < -0.39 is 10.0 Å². The van der Waals surface area contributed by atoms with E-state index in [1.165, 1.54) is 12.1 Å². The number of carbonyl (C=O) groups is 1. The molecule has 7 nitrogen and oxygen atoms in total. The van der Waals surface area contributed by atoms with Gasteiger partial charge in [-0.15, -0.1) is 0 Å². The number of hydrogen-bond donors (Lipinski definition) is 2. The molecule has 0 heterocycles. The Hall–Kier alpha value is -3.52. The first-order valence-electron chi connectivity index (χ1n) is 9.71. The molecule has 162 valence electrons. The van der Waals surface area contributed by atoms with Gasteiger partial charge in [-0.1, -0.05) is 18.2 Å². The lowest BCUT2D eigenvalue weighted by Gasteiger charge is -2.10. The molecule has 3 aromatic carbocycles. The standard InChI is InChI=1S/C23H24N2O5S/c1-29-20-11-13-21(14-12-20)30-17-5-8-23(26)24-18-9-15-22(16-10-18)31(27,28)25-19-6-3-2-4-7-19/h2-4,6-7,9-16,25H,5,8,17H2,1H3,(H,24,26). The van der Waals surface area contributed by atoms with Gasteiger partial charge >= 0.3 is 0 Å². The number of methoxy groups -OCH3 is 1. The summed E-state index contributed by atoms with van der Waals surface area (Å²) in [5, 5.41) is 2.76. The third-order valence-corrected chi connectivity index (χ3v) is 5.75. The molecular formula is C23H24N2O5S. The van der Waals surface area contributed by atoms with Crippen molar-refractivity contribution in [1.29, 1.82) is 0 Å². The first kappa shape index (κ1) is 22.2. The number of carbonyl (C=O) groups excluding carboxylic acids is 1. The predicted octanol–water partition coefficient (Wildman–Crippen LogP) is 4.29. The van der Waals surface area contributed by atoms with E-state index in [-0.39, 0.29) is 17.2 Å². The summed E-state index contributed by atoms with van der Waals surface area (Å²) in [4.78, 5) is 12.2. The molecule has 0 unspecified atom stereocenters. The average molecular weight is 441 g/mol. The molecule has 0 aliphatic rings. The van der Waals surface area contributed by atoms with Crippen molar-refractivity contribution in [1.82, 2.24) is 0 Å². The number of rotatable bonds is 10. The highest BCUT2D eigenvalue weighted by molar-refractivity contribution is 7.92. The van der Waals surface area contributed by atoms with E-state index in [1.54, 1.807) is 73.8 Å². The minimum Gasteiger partial charge on any atom is -0.497 e. The monoisotopic (exact) mass is 440 g/mol. The molecule has 0 saturated heterocycles. The molecule has 0 fully saturated rings. The van der Waals surface area contributed by atoms with Crippen LogP contribution in [-0.2, 0) is 14.8 Å². The van der Waals surface area contributed by atoms with Gasteiger partial charge in [0.25, 0.3) is 10.0 Å². The number of anilines is 2. The maximum absolute atomic E-state index is 12.4. The SMILES string of the molecule is COc1ccc(OCCCC(=O)Nc2ccc(S(=O)(=O)Nc3ccccc3)cc2)cc1. The van der Waals surface area contributed by atoms with Crippen LogP contribution in [0.2, 0.25) is 0 Å². The van der Waals surface area contributed by atoms with Crippen molar-refractivity contribution in [3.8, 4) is 11.5 Å². The van der Waals surface area contributed by atoms with Gasteiger partial charge in [0, 0.05) is 17.8 Å². The van der Waals surface area contributed by atoms with Gasteiger partial charge in [0.2, 0.25) is 5.91 Å². The Labute approximate surface area is 182 Å². The molecule has 0 aromatic heterocycles. The predicted molar refractivity (Wildman–Crippen MR) is 120 cm³/mol. The van der Waals surface area contributed by atoms with Crippen LogP contribution in [0.15, 0.2) is 83.8 Å². The highest BCUT2D eigenvalue weighted by Crippen LogP contribution is 2.19. The maximum atomic E-state index is 12.4. The van der Waals surface area contributed by atoms with Crippen molar-refractivity contribution in [2.75, 3.05) is 23.8 Å². The van der Waals surface area contributed by atoms with Crippen LogP contribution in [0.1, 0.15) is 12.8 Å². The molecular weight excluding hydrogens is 416 g/mol. The number of amides is 1. The topological polar surface area (TPSA) is 93.7 Å². The number of sulfonamides is 1. The fraction of sp³-hybridized carbons (Fsp3) is 0.174. The quantitative estimate of drug-likeness (QED) is 0.459. The number of hydrogen-bond acceptors (Lipinski definition) is 5. The van der Waals surface area contributed by atoms with Crippen molar-refractivity contribution in [2.24, 2.45) is 0 Å². The van der Waals surface area contributed by atoms with Crippen LogP contribution in [-0.4, -0.2) is 28.0 Å². The molecule has 31 heavy (non-hydrogen) atoms. The largest absolute Gasteiger partial charge is 0.497 e. The molecule has 8 heteroatoms. The highest BCUT2D eigenvalue weighted by Gasteiger charge is 2.14. The molecule has 3 rings (SSSR count). The van der Waals surface area contributed by atoms with Crippen molar-refractivity contribution in [2.45, 2.75) is 17.7 Å². The lowest BCUT2D eigenvalue weighted by Crippen LogP contribution is -2.14. The summed E-state index contributed by atoms with van der Waals surface area (Å²) in [6, 6.07) is 21.9. The number of nitrogens with one attached hydrogen (secondary N) is 2. The number of para-hydroxylation sites is 1. The van der Waals surface area contributed by atoms with Crippen LogP contribution in [0, 0.1) is 0 Å². The summed E-state index contributed by atoms with van der Waals surface area (Å²) in [5.74, 6) is 1.29. The number of benzene rings is 3. The van der Waals surface area contributed by atoms with E-state index in [9.17, 15) is 13.2 Å². The second-order valence-electron chi connectivity index (χ2n) is 6.67. The molecule has 0 aliphatic carbocycles. The fourth-order valence-corrected chi connectivity index (χ4v) is 3.81. The van der Waals surface area contributed by atoms with Gasteiger partial charge in [-0.2, -0.15) is 0 Å². The van der Waals surface area contributed by atoms with E-state index in [2.05, 4.69) is 10.0 Å². The Morgan fingerprint density at radius 3 is 2.13 bits per heavy atom. The second-order valence-corrected chi connectivity index (χ2v) is 8.35. The zero-order valence-electron chi connectivity index (χ0n) is 17.1. The minimum absolute atomic E-state index is 0.113. The van der Waals surface area contributed by atoms with Gasteiger partial charge in [0.1, 0.15) is 11.5 Å². The summed E-state index contributed by atoms with van der Waals surface area (Å²) in [6.07, 6.45) is 0.830. The van der Waals surface area contributed by atoms with Crippen molar-refractivity contribution in [3.05, 3.63) is 78.9 Å². The summed E-state index contributed by atoms with van der Waals surface area (Å²) >= 11 is 0. The Balaban J connectivity index is 1.45. The van der Waals surface area contributed by atoms with Gasteiger partial charge in [0.15, 0.2) is 0 Å². The molecule has 0 radical (unpaired) electrons. The van der Waals surface area contributed by atoms with Crippen molar-refractivity contribution >= 4 is 27.3 Å². The van der Waals surface area contributed by atoms with E-state index in [4.69, 9.17) is 9.47 Å². The molecule has 0 atom stereocenters. The number of ether oxygens (including phenoxy) is 2. The molecule has 0 aliphatic heterocycles. The molecule has 0 spiro atoms. The minimum atomic E-state index is -3.69. The maximum Gasteiger partial charge on any atom is 0.261 e. The summed E-state index contributed by atoms with van der Waals surface area (Å²) in [5.41, 5.74) is 1.01. The highest BCUT2D eigenvalue weighted by atomic mass is 32.2. The Morgan fingerprint density at radius 1 is 0.839 bits per heavy atom. The summed E-state index contributed by atoms with van der Waals surface area (Å²) in [7, 11) is -2.09. The zero-order valence-corrected chi connectivity index (χ0v) is 17.9. The van der Waals surface area contributed by atoms with Crippen LogP contribution in [0.4, 0.5) is 11.4 Å². The van der Waals surface area contributed by atoms with Crippen LogP contribution in [0.3, 0.4) is 0 Å². The Bertz CT molecular complexity index is 1080. The Kier molecular flexibility index (Phi) is 7.50. The lowest BCUT2D eigenvalue weighted by molar-refractivity contribution is -0.116. The first-order chi connectivity index (χ1) is 15.0.